The van der Waals surface area contributed by atoms with E-state index in [0.717, 1.165) is 6.54 Å². The van der Waals surface area contributed by atoms with E-state index in [1.165, 1.54) is 18.4 Å². The Bertz CT molecular complexity index is 327. The topological polar surface area (TPSA) is 12.0 Å². The molecule has 0 aliphatic heterocycles. The van der Waals surface area contributed by atoms with E-state index >= 15 is 0 Å². The predicted octanol–water partition coefficient (Wildman–Crippen LogP) is 3.28. The second kappa shape index (κ2) is 3.93. The van der Waals surface area contributed by atoms with Gasteiger partial charge in [0, 0.05) is 6.04 Å². The first-order valence-electron chi connectivity index (χ1n) is 5.64. The SMILES string of the molecule is CCNC(c1ccc(F)cc1)C1(C)CC1. The van der Waals surface area contributed by atoms with Crippen molar-refractivity contribution in [3.8, 4) is 0 Å². The highest BCUT2D eigenvalue weighted by atomic mass is 19.1. The van der Waals surface area contributed by atoms with Gasteiger partial charge in [-0.2, -0.15) is 0 Å². The molecule has 15 heavy (non-hydrogen) atoms. The first-order valence-corrected chi connectivity index (χ1v) is 5.64. The summed E-state index contributed by atoms with van der Waals surface area (Å²) in [5.74, 6) is -0.157. The van der Waals surface area contributed by atoms with Crippen LogP contribution < -0.4 is 5.32 Å². The van der Waals surface area contributed by atoms with Crippen LogP contribution in [0.4, 0.5) is 4.39 Å². The molecule has 0 spiro atoms. The molecule has 2 heteroatoms. The Morgan fingerprint density at radius 2 is 1.93 bits per heavy atom. The average Bonchev–Trinajstić information content (AvgIpc) is 2.96. The van der Waals surface area contributed by atoms with E-state index in [2.05, 4.69) is 19.2 Å². The third kappa shape index (κ3) is 2.20. The van der Waals surface area contributed by atoms with E-state index < -0.39 is 0 Å². The van der Waals surface area contributed by atoms with Gasteiger partial charge in [0.25, 0.3) is 0 Å². The Labute approximate surface area is 90.7 Å². The zero-order valence-corrected chi connectivity index (χ0v) is 9.39. The van der Waals surface area contributed by atoms with Crippen molar-refractivity contribution in [1.29, 1.82) is 0 Å². The summed E-state index contributed by atoms with van der Waals surface area (Å²) in [5.41, 5.74) is 1.59. The summed E-state index contributed by atoms with van der Waals surface area (Å²) >= 11 is 0. The molecule has 1 aliphatic carbocycles. The lowest BCUT2D eigenvalue weighted by Crippen LogP contribution is -2.27. The van der Waals surface area contributed by atoms with Gasteiger partial charge in [0.2, 0.25) is 0 Å². The highest BCUT2D eigenvalue weighted by Crippen LogP contribution is 2.54. The van der Waals surface area contributed by atoms with Crippen LogP contribution in [0.15, 0.2) is 24.3 Å². The maximum absolute atomic E-state index is 12.8. The number of hydrogen-bond acceptors (Lipinski definition) is 1. The van der Waals surface area contributed by atoms with Crippen molar-refractivity contribution >= 4 is 0 Å². The molecule has 0 saturated heterocycles. The normalized spacial score (nSPS) is 19.9. The van der Waals surface area contributed by atoms with Crippen molar-refractivity contribution in [3.63, 3.8) is 0 Å². The standard InChI is InChI=1S/C13H18FN/c1-3-15-12(13(2)8-9-13)10-4-6-11(14)7-5-10/h4-7,12,15H,3,8-9H2,1-2H3. The molecule has 1 N–H and O–H groups in total. The Hall–Kier alpha value is -0.890. The molecule has 1 unspecified atom stereocenters. The number of rotatable bonds is 4. The molecule has 0 amide bonds. The molecule has 1 atom stereocenters. The summed E-state index contributed by atoms with van der Waals surface area (Å²) in [6.45, 7) is 5.36. The smallest absolute Gasteiger partial charge is 0.123 e. The summed E-state index contributed by atoms with van der Waals surface area (Å²) in [4.78, 5) is 0. The monoisotopic (exact) mass is 207 g/mol. The minimum Gasteiger partial charge on any atom is -0.310 e. The molecule has 0 radical (unpaired) electrons. The van der Waals surface area contributed by atoms with Gasteiger partial charge >= 0.3 is 0 Å². The summed E-state index contributed by atoms with van der Waals surface area (Å²) in [6, 6.07) is 7.26. The van der Waals surface area contributed by atoms with Gasteiger partial charge in [-0.25, -0.2) is 4.39 Å². The maximum atomic E-state index is 12.8. The number of halogens is 1. The fourth-order valence-electron chi connectivity index (χ4n) is 2.11. The third-order valence-electron chi connectivity index (χ3n) is 3.35. The minimum atomic E-state index is -0.157. The van der Waals surface area contributed by atoms with Crippen LogP contribution in [0, 0.1) is 11.2 Å². The first kappa shape index (κ1) is 10.6. The minimum absolute atomic E-state index is 0.157. The third-order valence-corrected chi connectivity index (χ3v) is 3.35. The summed E-state index contributed by atoms with van der Waals surface area (Å²) in [7, 11) is 0. The maximum Gasteiger partial charge on any atom is 0.123 e. The molecule has 1 nitrogen and oxygen atoms in total. The van der Waals surface area contributed by atoms with Crippen molar-refractivity contribution in [2.45, 2.75) is 32.7 Å². The van der Waals surface area contributed by atoms with Crippen LogP contribution in [0.5, 0.6) is 0 Å². The highest BCUT2D eigenvalue weighted by molar-refractivity contribution is 5.24. The van der Waals surface area contributed by atoms with E-state index in [1.54, 1.807) is 12.1 Å². The van der Waals surface area contributed by atoms with Crippen molar-refractivity contribution in [2.75, 3.05) is 6.54 Å². The van der Waals surface area contributed by atoms with E-state index in [9.17, 15) is 4.39 Å². The molecule has 1 aromatic carbocycles. The zero-order chi connectivity index (χ0) is 10.9. The molecular formula is C13H18FN. The van der Waals surface area contributed by atoms with Gasteiger partial charge in [0.05, 0.1) is 0 Å². The van der Waals surface area contributed by atoms with E-state index in [4.69, 9.17) is 0 Å². The van der Waals surface area contributed by atoms with Gasteiger partial charge in [0.15, 0.2) is 0 Å². The lowest BCUT2D eigenvalue weighted by molar-refractivity contribution is 0.373. The molecule has 1 fully saturated rings. The molecule has 1 aliphatic rings. The molecule has 2 rings (SSSR count). The number of benzene rings is 1. The van der Waals surface area contributed by atoms with Crippen LogP contribution >= 0.6 is 0 Å². The van der Waals surface area contributed by atoms with E-state index in [-0.39, 0.29) is 5.82 Å². The molecule has 0 bridgehead atoms. The van der Waals surface area contributed by atoms with E-state index in [0.29, 0.717) is 11.5 Å². The van der Waals surface area contributed by atoms with Crippen molar-refractivity contribution in [1.82, 2.24) is 5.32 Å². The molecule has 82 valence electrons. The summed E-state index contributed by atoms with van der Waals surface area (Å²) < 4.78 is 12.8. The van der Waals surface area contributed by atoms with Gasteiger partial charge in [-0.1, -0.05) is 26.0 Å². The second-order valence-electron chi connectivity index (χ2n) is 4.70. The van der Waals surface area contributed by atoms with Gasteiger partial charge in [-0.15, -0.1) is 0 Å². The number of nitrogens with one attached hydrogen (secondary N) is 1. The van der Waals surface area contributed by atoms with Gasteiger partial charge < -0.3 is 5.32 Å². The van der Waals surface area contributed by atoms with Crippen LogP contribution in [-0.2, 0) is 0 Å². The van der Waals surface area contributed by atoms with Gasteiger partial charge in [0.1, 0.15) is 5.82 Å². The van der Waals surface area contributed by atoms with Crippen molar-refractivity contribution in [2.24, 2.45) is 5.41 Å². The zero-order valence-electron chi connectivity index (χ0n) is 9.39. The Morgan fingerprint density at radius 3 is 2.40 bits per heavy atom. The van der Waals surface area contributed by atoms with Gasteiger partial charge in [-0.3, -0.25) is 0 Å². The molecule has 0 heterocycles. The van der Waals surface area contributed by atoms with Crippen LogP contribution in [0.3, 0.4) is 0 Å². The number of hydrogen-bond donors (Lipinski definition) is 1. The van der Waals surface area contributed by atoms with Crippen LogP contribution in [0.25, 0.3) is 0 Å². The quantitative estimate of drug-likeness (QED) is 0.799. The molecule has 0 aromatic heterocycles. The van der Waals surface area contributed by atoms with Crippen LogP contribution in [-0.4, -0.2) is 6.54 Å². The van der Waals surface area contributed by atoms with E-state index in [1.807, 2.05) is 12.1 Å². The molecule has 1 saturated carbocycles. The predicted molar refractivity (Wildman–Crippen MR) is 60.2 cm³/mol. The fourth-order valence-corrected chi connectivity index (χ4v) is 2.11. The van der Waals surface area contributed by atoms with Gasteiger partial charge in [-0.05, 0) is 42.5 Å². The lowest BCUT2D eigenvalue weighted by Gasteiger charge is -2.24. The largest absolute Gasteiger partial charge is 0.310 e. The summed E-state index contributed by atoms with van der Waals surface area (Å²) in [6.07, 6.45) is 2.53. The lowest BCUT2D eigenvalue weighted by atomic mass is 9.92. The Morgan fingerprint density at radius 1 is 1.33 bits per heavy atom. The average molecular weight is 207 g/mol. The van der Waals surface area contributed by atoms with Crippen LogP contribution in [0.1, 0.15) is 38.3 Å². The van der Waals surface area contributed by atoms with Crippen LogP contribution in [0.2, 0.25) is 0 Å². The Balaban J connectivity index is 2.20. The van der Waals surface area contributed by atoms with Crippen molar-refractivity contribution in [3.05, 3.63) is 35.6 Å². The summed E-state index contributed by atoms with van der Waals surface area (Å²) in [5, 5.41) is 3.50. The first-order chi connectivity index (χ1) is 7.15. The highest BCUT2D eigenvalue weighted by Gasteiger charge is 2.44. The second-order valence-corrected chi connectivity index (χ2v) is 4.70. The molecule has 1 aromatic rings. The van der Waals surface area contributed by atoms with Crippen molar-refractivity contribution < 1.29 is 4.39 Å². The Kier molecular flexibility index (Phi) is 2.79. The fraction of sp³-hybridized carbons (Fsp3) is 0.538. The molecular weight excluding hydrogens is 189 g/mol.